The Morgan fingerprint density at radius 1 is 1.11 bits per heavy atom. The molecule has 0 aromatic heterocycles. The van der Waals surface area contributed by atoms with Gasteiger partial charge >= 0.3 is 15.6 Å². The minimum atomic E-state index is -5.68. The molecule has 0 saturated heterocycles. The van der Waals surface area contributed by atoms with Crippen LogP contribution in [0.15, 0.2) is 59.7 Å². The monoisotopic (exact) mass is 291 g/mol. The van der Waals surface area contributed by atoms with E-state index in [4.69, 9.17) is 0 Å². The number of alkyl halides is 3. The van der Waals surface area contributed by atoms with Crippen molar-refractivity contribution in [1.82, 2.24) is 5.32 Å². The molecule has 0 unspecified atom stereocenters. The van der Waals surface area contributed by atoms with Crippen LogP contribution in [0.25, 0.3) is 0 Å². The van der Waals surface area contributed by atoms with Crippen LogP contribution in [0.1, 0.15) is 0 Å². The zero-order valence-corrected chi connectivity index (χ0v) is 10.1. The first-order valence-electron chi connectivity index (χ1n) is 5.04. The van der Waals surface area contributed by atoms with Gasteiger partial charge in [-0.15, -0.1) is 0 Å². The Morgan fingerprint density at radius 2 is 1.84 bits per heavy atom. The van der Waals surface area contributed by atoms with Gasteiger partial charge in [0.15, 0.2) is 5.76 Å². The summed E-state index contributed by atoms with van der Waals surface area (Å²) in [7, 11) is -5.68. The molecule has 0 bridgehead atoms. The predicted molar refractivity (Wildman–Crippen MR) is 61.7 cm³/mol. The van der Waals surface area contributed by atoms with Crippen LogP contribution in [0, 0.1) is 0 Å². The van der Waals surface area contributed by atoms with Crippen LogP contribution in [0.5, 0.6) is 0 Å². The normalized spacial score (nSPS) is 18.6. The quantitative estimate of drug-likeness (QED) is 0.626. The van der Waals surface area contributed by atoms with Gasteiger partial charge in [0.2, 0.25) is 0 Å². The number of nitrogens with one attached hydrogen (secondary N) is 1. The Bertz CT molecular complexity index is 637. The fraction of sp³-hybridized carbons (Fsp3) is 0.0909. The molecule has 0 atom stereocenters. The van der Waals surface area contributed by atoms with E-state index in [0.717, 1.165) is 6.20 Å². The Balaban J connectivity index is 2.33. The van der Waals surface area contributed by atoms with Gasteiger partial charge in [-0.1, -0.05) is 30.4 Å². The third-order valence-electron chi connectivity index (χ3n) is 2.27. The van der Waals surface area contributed by atoms with Gasteiger partial charge in [-0.25, -0.2) is 0 Å². The van der Waals surface area contributed by atoms with E-state index in [-0.39, 0.29) is 5.57 Å². The van der Waals surface area contributed by atoms with Crippen molar-refractivity contribution in [2.45, 2.75) is 5.51 Å². The number of allylic oxidation sites excluding steroid dienone is 6. The maximum atomic E-state index is 12.3. The average molecular weight is 291 g/mol. The van der Waals surface area contributed by atoms with Crippen molar-refractivity contribution in [3.8, 4) is 0 Å². The molecule has 0 fully saturated rings. The molecule has 2 aliphatic rings. The topological polar surface area (TPSA) is 55.4 Å². The molecule has 1 heterocycles. The molecule has 8 heteroatoms. The molecule has 0 aromatic carbocycles. The number of rotatable bonds is 2. The molecule has 0 spiro atoms. The van der Waals surface area contributed by atoms with Crippen molar-refractivity contribution in [2.75, 3.05) is 0 Å². The Morgan fingerprint density at radius 3 is 2.53 bits per heavy atom. The predicted octanol–water partition coefficient (Wildman–Crippen LogP) is 2.23. The first kappa shape index (κ1) is 13.5. The average Bonchev–Trinajstić information content (AvgIpc) is 2.52. The van der Waals surface area contributed by atoms with E-state index in [2.05, 4.69) is 9.50 Å². The fourth-order valence-electron chi connectivity index (χ4n) is 1.43. The van der Waals surface area contributed by atoms with Gasteiger partial charge in [0.05, 0.1) is 0 Å². The molecule has 102 valence electrons. The lowest BCUT2D eigenvalue weighted by molar-refractivity contribution is -0.0520. The van der Waals surface area contributed by atoms with Crippen LogP contribution in [-0.4, -0.2) is 13.9 Å². The molecule has 0 saturated carbocycles. The molecule has 0 amide bonds. The first-order chi connectivity index (χ1) is 8.81. The van der Waals surface area contributed by atoms with Crippen molar-refractivity contribution in [3.05, 3.63) is 59.7 Å². The van der Waals surface area contributed by atoms with Gasteiger partial charge in [0.1, 0.15) is 0 Å². The molecule has 1 aliphatic carbocycles. The van der Waals surface area contributed by atoms with Gasteiger partial charge in [-0.3, -0.25) is 0 Å². The molecule has 19 heavy (non-hydrogen) atoms. The number of hydrogen-bond acceptors (Lipinski definition) is 4. The summed E-state index contributed by atoms with van der Waals surface area (Å²) >= 11 is 0. The number of dihydropyridines is 1. The third kappa shape index (κ3) is 2.73. The molecule has 0 radical (unpaired) electrons. The van der Waals surface area contributed by atoms with Gasteiger partial charge in [-0.05, 0) is 0 Å². The second-order valence-electron chi connectivity index (χ2n) is 3.58. The maximum Gasteiger partial charge on any atom is 0.534 e. The summed E-state index contributed by atoms with van der Waals surface area (Å²) in [6.45, 7) is 0. The SMILES string of the molecule is O=S(=O)(OC1=CNC=C2C=CC=CC=C21)C(F)(F)F. The van der Waals surface area contributed by atoms with Crippen molar-refractivity contribution in [1.29, 1.82) is 0 Å². The highest BCUT2D eigenvalue weighted by atomic mass is 32.2. The van der Waals surface area contributed by atoms with Crippen LogP contribution in [0.3, 0.4) is 0 Å². The van der Waals surface area contributed by atoms with Crippen molar-refractivity contribution >= 4 is 10.1 Å². The summed E-state index contributed by atoms with van der Waals surface area (Å²) < 4.78 is 62.9. The van der Waals surface area contributed by atoms with Crippen LogP contribution in [0.2, 0.25) is 0 Å². The van der Waals surface area contributed by atoms with Gasteiger partial charge < -0.3 is 9.50 Å². The van der Waals surface area contributed by atoms with E-state index in [0.29, 0.717) is 5.57 Å². The van der Waals surface area contributed by atoms with Crippen LogP contribution < -0.4 is 5.32 Å². The van der Waals surface area contributed by atoms with E-state index in [1.807, 2.05) is 0 Å². The van der Waals surface area contributed by atoms with Crippen molar-refractivity contribution in [2.24, 2.45) is 0 Å². The minimum absolute atomic E-state index is 0.247. The smallest absolute Gasteiger partial charge is 0.374 e. The lowest BCUT2D eigenvalue weighted by Gasteiger charge is -2.18. The molecular formula is C11H8F3NO3S. The van der Waals surface area contributed by atoms with Crippen LogP contribution >= 0.6 is 0 Å². The zero-order chi connectivity index (χ0) is 14.1. The molecule has 0 aromatic rings. The minimum Gasteiger partial charge on any atom is -0.374 e. The first-order valence-corrected chi connectivity index (χ1v) is 6.45. The van der Waals surface area contributed by atoms with Crippen molar-refractivity contribution in [3.63, 3.8) is 0 Å². The fourth-order valence-corrected chi connectivity index (χ4v) is 1.90. The third-order valence-corrected chi connectivity index (χ3v) is 3.24. The van der Waals surface area contributed by atoms with Crippen LogP contribution in [0.4, 0.5) is 13.2 Å². The van der Waals surface area contributed by atoms with Gasteiger partial charge in [0.25, 0.3) is 0 Å². The number of fused-ring (bicyclic) bond motifs is 1. The number of hydrogen-bond donors (Lipinski definition) is 1. The molecule has 1 N–H and O–H groups in total. The molecular weight excluding hydrogens is 283 g/mol. The van der Waals surface area contributed by atoms with E-state index in [1.54, 1.807) is 24.3 Å². The number of halogens is 3. The molecule has 4 nitrogen and oxygen atoms in total. The van der Waals surface area contributed by atoms with E-state index < -0.39 is 21.4 Å². The summed E-state index contributed by atoms with van der Waals surface area (Å²) in [6.07, 6.45) is 10.5. The Labute approximate surface area is 107 Å². The molecule has 2 rings (SSSR count). The largest absolute Gasteiger partial charge is 0.534 e. The van der Waals surface area contributed by atoms with Crippen LogP contribution in [-0.2, 0) is 14.3 Å². The van der Waals surface area contributed by atoms with E-state index in [1.165, 1.54) is 12.3 Å². The highest BCUT2D eigenvalue weighted by Crippen LogP contribution is 2.32. The summed E-state index contributed by atoms with van der Waals surface area (Å²) in [6, 6.07) is 0. The summed E-state index contributed by atoms with van der Waals surface area (Å²) in [4.78, 5) is 0. The Kier molecular flexibility index (Phi) is 3.27. The summed E-state index contributed by atoms with van der Waals surface area (Å²) in [5.41, 5.74) is -4.71. The summed E-state index contributed by atoms with van der Waals surface area (Å²) in [5.74, 6) is -0.411. The summed E-state index contributed by atoms with van der Waals surface area (Å²) in [5, 5.41) is 2.54. The van der Waals surface area contributed by atoms with E-state index >= 15 is 0 Å². The highest BCUT2D eigenvalue weighted by Gasteiger charge is 2.49. The van der Waals surface area contributed by atoms with E-state index in [9.17, 15) is 21.6 Å². The lowest BCUT2D eigenvalue weighted by atomic mass is 10.0. The lowest BCUT2D eigenvalue weighted by Crippen LogP contribution is -2.26. The second kappa shape index (κ2) is 4.61. The standard InChI is InChI=1S/C11H8F3NO3S/c12-11(13,14)19(16,17)18-10-7-15-6-8-4-2-1-3-5-9(8)10/h1-7,15H. The Hall–Kier alpha value is -1.96. The van der Waals surface area contributed by atoms with Crippen molar-refractivity contribution < 1.29 is 25.8 Å². The molecule has 1 aliphatic heterocycles. The highest BCUT2D eigenvalue weighted by molar-refractivity contribution is 7.87. The zero-order valence-electron chi connectivity index (χ0n) is 9.31. The van der Waals surface area contributed by atoms with Gasteiger partial charge in [-0.2, -0.15) is 21.6 Å². The second-order valence-corrected chi connectivity index (χ2v) is 5.12. The maximum absolute atomic E-state index is 12.3. The van der Waals surface area contributed by atoms with Gasteiger partial charge in [0, 0.05) is 23.5 Å².